The number of methoxy groups -OCH3 is 1. The van der Waals surface area contributed by atoms with Gasteiger partial charge in [0.25, 0.3) is 0 Å². The Morgan fingerprint density at radius 1 is 1.22 bits per heavy atom. The van der Waals surface area contributed by atoms with E-state index in [1.54, 1.807) is 7.11 Å². The van der Waals surface area contributed by atoms with Crippen LogP contribution in [-0.4, -0.2) is 47.0 Å². The first-order valence-electron chi connectivity index (χ1n) is 8.05. The molecule has 1 amide bonds. The second-order valence-corrected chi connectivity index (χ2v) is 7.41. The smallest absolute Gasteiger partial charge is 0.233 e. The van der Waals surface area contributed by atoms with E-state index in [9.17, 15) is 4.79 Å². The van der Waals surface area contributed by atoms with Crippen LogP contribution in [0.2, 0.25) is 0 Å². The van der Waals surface area contributed by atoms with Crippen LogP contribution in [0.15, 0.2) is 28.6 Å². The normalized spacial score (nSPS) is 9.89. The van der Waals surface area contributed by atoms with Gasteiger partial charge in [-0.1, -0.05) is 23.1 Å². The largest absolute Gasteiger partial charge is 0.497 e. The van der Waals surface area contributed by atoms with E-state index in [1.165, 1.54) is 28.0 Å². The van der Waals surface area contributed by atoms with Crippen LogP contribution < -0.4 is 10.1 Å². The lowest BCUT2D eigenvalue weighted by Gasteiger charge is -2.19. The summed E-state index contributed by atoms with van der Waals surface area (Å²) in [7, 11) is 1.61. The Bertz CT molecular complexity index is 807. The molecule has 2 aromatic rings. The summed E-state index contributed by atoms with van der Waals surface area (Å²) in [6.07, 6.45) is 0.493. The first-order valence-corrected chi connectivity index (χ1v) is 9.85. The molecule has 0 aliphatic rings. The Kier molecular flexibility index (Phi) is 8.36. The molecule has 0 unspecified atom stereocenters. The number of hydrogen-bond donors (Lipinski definition) is 1. The van der Waals surface area contributed by atoms with Crippen molar-refractivity contribution < 1.29 is 9.53 Å². The lowest BCUT2D eigenvalue weighted by Crippen LogP contribution is -2.34. The van der Waals surface area contributed by atoms with Crippen LogP contribution in [0.4, 0.5) is 10.8 Å². The summed E-state index contributed by atoms with van der Waals surface area (Å²) in [5.41, 5.74) is 0.860. The number of amides is 1. The minimum atomic E-state index is -0.120. The first-order chi connectivity index (χ1) is 13.2. The second-order valence-electron chi connectivity index (χ2n) is 5.21. The van der Waals surface area contributed by atoms with E-state index in [2.05, 4.69) is 15.5 Å². The summed E-state index contributed by atoms with van der Waals surface area (Å²) in [5.74, 6) is 0.837. The number of nitrogens with zero attached hydrogens (tertiary/aromatic N) is 5. The van der Waals surface area contributed by atoms with Crippen molar-refractivity contribution in [2.24, 2.45) is 0 Å². The van der Waals surface area contributed by atoms with Gasteiger partial charge in [-0.25, -0.2) is 0 Å². The van der Waals surface area contributed by atoms with Gasteiger partial charge in [-0.3, -0.25) is 4.79 Å². The van der Waals surface area contributed by atoms with Gasteiger partial charge in [-0.05, 0) is 24.3 Å². The monoisotopic (exact) mass is 402 g/mol. The number of benzene rings is 1. The van der Waals surface area contributed by atoms with Gasteiger partial charge in [-0.15, -0.1) is 10.2 Å². The molecular formula is C17H18N6O2S2. The van der Waals surface area contributed by atoms with Crippen LogP contribution >= 0.6 is 23.1 Å². The van der Waals surface area contributed by atoms with Crippen LogP contribution in [0.5, 0.6) is 5.75 Å². The van der Waals surface area contributed by atoms with Crippen LogP contribution in [-0.2, 0) is 4.79 Å². The summed E-state index contributed by atoms with van der Waals surface area (Å²) in [5, 5.41) is 29.3. The lowest BCUT2D eigenvalue weighted by molar-refractivity contribution is -0.128. The van der Waals surface area contributed by atoms with Crippen molar-refractivity contribution in [1.82, 2.24) is 15.1 Å². The fraction of sp³-hybridized carbons (Fsp3) is 0.353. The standard InChI is InChI=1S/C17H18N6O2S2/c1-25-14-6-4-13(5-7-14)20-16-21-22-17(27-16)26-12-15(24)23(10-2-8-18)11-3-9-19/h4-7H,2-3,10-12H2,1H3,(H,20,21). The van der Waals surface area contributed by atoms with Gasteiger partial charge in [0, 0.05) is 18.8 Å². The molecule has 10 heteroatoms. The predicted octanol–water partition coefficient (Wildman–Crippen LogP) is 3.04. The number of nitrogens with one attached hydrogen (secondary N) is 1. The van der Waals surface area contributed by atoms with Crippen LogP contribution in [0.3, 0.4) is 0 Å². The number of carbonyl (C=O) groups is 1. The molecule has 2 rings (SSSR count). The molecule has 0 aliphatic heterocycles. The van der Waals surface area contributed by atoms with E-state index in [-0.39, 0.29) is 24.5 Å². The third-order valence-electron chi connectivity index (χ3n) is 3.41. The van der Waals surface area contributed by atoms with Gasteiger partial charge >= 0.3 is 0 Å². The molecular weight excluding hydrogens is 384 g/mol. The van der Waals surface area contributed by atoms with E-state index in [4.69, 9.17) is 15.3 Å². The molecule has 0 saturated carbocycles. The molecule has 0 fully saturated rings. The van der Waals surface area contributed by atoms with E-state index in [1.807, 2.05) is 36.4 Å². The molecule has 1 heterocycles. The number of hydrogen-bond acceptors (Lipinski definition) is 9. The van der Waals surface area contributed by atoms with Gasteiger partial charge in [0.15, 0.2) is 4.34 Å². The number of ether oxygens (including phenoxy) is 1. The molecule has 0 radical (unpaired) electrons. The summed E-state index contributed by atoms with van der Waals surface area (Å²) in [6, 6.07) is 11.5. The van der Waals surface area contributed by atoms with Crippen molar-refractivity contribution in [3.8, 4) is 17.9 Å². The molecule has 0 saturated heterocycles. The third-order valence-corrected chi connectivity index (χ3v) is 5.36. The molecule has 0 atom stereocenters. The molecule has 8 nitrogen and oxygen atoms in total. The fourth-order valence-corrected chi connectivity index (χ4v) is 3.74. The highest BCUT2D eigenvalue weighted by Crippen LogP contribution is 2.28. The second kappa shape index (κ2) is 11.0. The van der Waals surface area contributed by atoms with Crippen molar-refractivity contribution in [1.29, 1.82) is 10.5 Å². The van der Waals surface area contributed by atoms with Crippen LogP contribution in [0.25, 0.3) is 0 Å². The molecule has 1 aromatic heterocycles. The number of carbonyl (C=O) groups excluding carboxylic acids is 1. The molecule has 0 spiro atoms. The molecule has 0 bridgehead atoms. The van der Waals surface area contributed by atoms with E-state index in [0.29, 0.717) is 22.6 Å². The Morgan fingerprint density at radius 3 is 2.48 bits per heavy atom. The minimum Gasteiger partial charge on any atom is -0.497 e. The Hall–Kier alpha value is -2.82. The first kappa shape index (κ1) is 20.5. The summed E-state index contributed by atoms with van der Waals surface area (Å²) < 4.78 is 5.78. The number of rotatable bonds is 10. The maximum absolute atomic E-state index is 12.3. The van der Waals surface area contributed by atoms with E-state index >= 15 is 0 Å². The zero-order valence-electron chi connectivity index (χ0n) is 14.7. The van der Waals surface area contributed by atoms with Gasteiger partial charge in [0.1, 0.15) is 5.75 Å². The predicted molar refractivity (Wildman–Crippen MR) is 104 cm³/mol. The summed E-state index contributed by atoms with van der Waals surface area (Å²) in [6.45, 7) is 0.663. The van der Waals surface area contributed by atoms with Crippen molar-refractivity contribution in [2.75, 3.05) is 31.3 Å². The third kappa shape index (κ3) is 6.77. The van der Waals surface area contributed by atoms with Crippen LogP contribution in [0.1, 0.15) is 12.8 Å². The highest BCUT2D eigenvalue weighted by atomic mass is 32.2. The van der Waals surface area contributed by atoms with Crippen LogP contribution in [0, 0.1) is 22.7 Å². The quantitative estimate of drug-likeness (QED) is 0.603. The Labute approximate surface area is 165 Å². The molecule has 140 valence electrons. The minimum absolute atomic E-state index is 0.120. The number of nitriles is 2. The summed E-state index contributed by atoms with van der Waals surface area (Å²) >= 11 is 2.64. The number of anilines is 2. The van der Waals surface area contributed by atoms with Gasteiger partial charge in [0.05, 0.1) is 37.8 Å². The Balaban J connectivity index is 1.87. The zero-order chi connectivity index (χ0) is 19.5. The average molecular weight is 403 g/mol. The topological polar surface area (TPSA) is 115 Å². The van der Waals surface area contributed by atoms with Gasteiger partial charge < -0.3 is 15.0 Å². The zero-order valence-corrected chi connectivity index (χ0v) is 16.3. The molecule has 1 N–H and O–H groups in total. The number of aromatic nitrogens is 2. The highest BCUT2D eigenvalue weighted by Gasteiger charge is 2.15. The van der Waals surface area contributed by atoms with Gasteiger partial charge in [0.2, 0.25) is 11.0 Å². The van der Waals surface area contributed by atoms with Crippen molar-refractivity contribution in [3.05, 3.63) is 24.3 Å². The van der Waals surface area contributed by atoms with Gasteiger partial charge in [-0.2, -0.15) is 10.5 Å². The fourth-order valence-electron chi connectivity index (χ4n) is 2.06. The average Bonchev–Trinajstić information content (AvgIpc) is 3.14. The van der Waals surface area contributed by atoms with E-state index < -0.39 is 0 Å². The van der Waals surface area contributed by atoms with Crippen molar-refractivity contribution in [3.63, 3.8) is 0 Å². The van der Waals surface area contributed by atoms with E-state index in [0.717, 1.165) is 11.4 Å². The molecule has 27 heavy (non-hydrogen) atoms. The Morgan fingerprint density at radius 2 is 1.89 bits per heavy atom. The highest BCUT2D eigenvalue weighted by molar-refractivity contribution is 8.01. The maximum Gasteiger partial charge on any atom is 0.233 e. The van der Waals surface area contributed by atoms with Crippen molar-refractivity contribution >= 4 is 39.8 Å². The SMILES string of the molecule is COc1ccc(Nc2nnc(SCC(=O)N(CCC#N)CCC#N)s2)cc1. The van der Waals surface area contributed by atoms with Crippen molar-refractivity contribution in [2.45, 2.75) is 17.2 Å². The summed E-state index contributed by atoms with van der Waals surface area (Å²) in [4.78, 5) is 13.8. The molecule has 0 aliphatic carbocycles. The maximum atomic E-state index is 12.3. The lowest BCUT2D eigenvalue weighted by atomic mass is 10.3. The molecule has 1 aromatic carbocycles. The number of thioether (sulfide) groups is 1.